The summed E-state index contributed by atoms with van der Waals surface area (Å²) in [7, 11) is 0. The lowest BCUT2D eigenvalue weighted by Gasteiger charge is -2.22. The van der Waals surface area contributed by atoms with Gasteiger partial charge >= 0.3 is 0 Å². The molecule has 1 aromatic rings. The van der Waals surface area contributed by atoms with Crippen LogP contribution >= 0.6 is 0 Å². The summed E-state index contributed by atoms with van der Waals surface area (Å²) in [4.78, 5) is 5.64. The third kappa shape index (κ3) is 5.07. The summed E-state index contributed by atoms with van der Waals surface area (Å²) < 4.78 is 5.28. The summed E-state index contributed by atoms with van der Waals surface area (Å²) in [6.07, 6.45) is 3.27. The predicted octanol–water partition coefficient (Wildman–Crippen LogP) is 3.80. The van der Waals surface area contributed by atoms with Crippen LogP contribution in [0.5, 0.6) is 0 Å². The van der Waals surface area contributed by atoms with Crippen LogP contribution in [0.3, 0.4) is 0 Å². The van der Waals surface area contributed by atoms with Crippen LogP contribution in [0.15, 0.2) is 24.3 Å². The normalized spacial score (nSPS) is 15.7. The van der Waals surface area contributed by atoms with E-state index in [1.165, 1.54) is 5.56 Å². The zero-order valence-corrected chi connectivity index (χ0v) is 11.7. The summed E-state index contributed by atoms with van der Waals surface area (Å²) in [5.74, 6) is 0. The maximum absolute atomic E-state index is 5.64. The van der Waals surface area contributed by atoms with E-state index >= 15 is 0 Å². The summed E-state index contributed by atoms with van der Waals surface area (Å²) in [5, 5.41) is 0. The highest BCUT2D eigenvalue weighted by Crippen LogP contribution is 2.15. The maximum atomic E-state index is 5.64. The van der Waals surface area contributed by atoms with E-state index in [1.54, 1.807) is 0 Å². The molecular formula is C15H25NO2. The van der Waals surface area contributed by atoms with Crippen LogP contribution in [0, 0.1) is 0 Å². The molecule has 1 N–H and O–H groups in total. The van der Waals surface area contributed by atoms with Crippen molar-refractivity contribution in [3.63, 3.8) is 0 Å². The van der Waals surface area contributed by atoms with Crippen LogP contribution in [-0.2, 0) is 16.0 Å². The first-order chi connectivity index (χ1) is 8.88. The van der Waals surface area contributed by atoms with Crippen molar-refractivity contribution in [1.29, 1.82) is 0 Å². The lowest BCUT2D eigenvalue weighted by Crippen LogP contribution is -2.25. The van der Waals surface area contributed by atoms with Gasteiger partial charge in [0.05, 0.1) is 11.8 Å². The Kier molecular flexibility index (Phi) is 7.46. The minimum Gasteiger partial charge on any atom is -0.381 e. The van der Waals surface area contributed by atoms with Gasteiger partial charge in [-0.25, -0.2) is 0 Å². The number of hydrogen-bond acceptors (Lipinski definition) is 3. The first kappa shape index (κ1) is 15.0. The third-order valence-corrected chi connectivity index (χ3v) is 2.85. The molecule has 18 heavy (non-hydrogen) atoms. The van der Waals surface area contributed by atoms with Crippen LogP contribution in [-0.4, -0.2) is 19.3 Å². The Labute approximate surface area is 110 Å². The van der Waals surface area contributed by atoms with E-state index in [2.05, 4.69) is 30.6 Å². The van der Waals surface area contributed by atoms with Gasteiger partial charge in [-0.2, -0.15) is 0 Å². The standard InChI is InChI=1S/C13H19NO2.C2H6/c1-2-11-4-3-5-12(10-11)14-16-13-6-8-15-9-7-13;1-2/h3-5,10,13-14H,2,6-9H2,1H3;1-2H3. The van der Waals surface area contributed by atoms with E-state index in [0.29, 0.717) is 0 Å². The van der Waals surface area contributed by atoms with Crippen LogP contribution in [0.4, 0.5) is 5.69 Å². The third-order valence-electron chi connectivity index (χ3n) is 2.85. The molecule has 0 saturated carbocycles. The van der Waals surface area contributed by atoms with Crippen molar-refractivity contribution in [2.45, 2.75) is 46.1 Å². The largest absolute Gasteiger partial charge is 0.381 e. The Bertz CT molecular complexity index is 322. The van der Waals surface area contributed by atoms with Crippen LogP contribution in [0.2, 0.25) is 0 Å². The van der Waals surface area contributed by atoms with E-state index in [0.717, 1.165) is 38.2 Å². The zero-order chi connectivity index (χ0) is 13.2. The van der Waals surface area contributed by atoms with Gasteiger partial charge in [0.2, 0.25) is 0 Å². The monoisotopic (exact) mass is 251 g/mol. The molecular weight excluding hydrogens is 226 g/mol. The fraction of sp³-hybridized carbons (Fsp3) is 0.600. The van der Waals surface area contributed by atoms with Crippen molar-refractivity contribution in [3.05, 3.63) is 29.8 Å². The molecule has 0 bridgehead atoms. The van der Waals surface area contributed by atoms with Gasteiger partial charge in [0, 0.05) is 13.2 Å². The second-order valence-corrected chi connectivity index (χ2v) is 4.09. The fourth-order valence-corrected chi connectivity index (χ4v) is 1.80. The smallest absolute Gasteiger partial charge is 0.0897 e. The van der Waals surface area contributed by atoms with Crippen LogP contribution in [0.1, 0.15) is 39.2 Å². The molecule has 0 amide bonds. The van der Waals surface area contributed by atoms with Crippen molar-refractivity contribution >= 4 is 5.69 Å². The number of ether oxygens (including phenoxy) is 1. The molecule has 0 atom stereocenters. The lowest BCUT2D eigenvalue weighted by atomic mass is 10.1. The number of aryl methyl sites for hydroxylation is 1. The van der Waals surface area contributed by atoms with Gasteiger partial charge in [-0.15, -0.1) is 0 Å². The Morgan fingerprint density at radius 1 is 1.28 bits per heavy atom. The topological polar surface area (TPSA) is 30.5 Å². The minimum atomic E-state index is 0.277. The Balaban J connectivity index is 0.000000771. The number of hydrogen-bond donors (Lipinski definition) is 1. The molecule has 1 aliphatic heterocycles. The second kappa shape index (κ2) is 8.95. The number of benzene rings is 1. The Morgan fingerprint density at radius 3 is 2.67 bits per heavy atom. The molecule has 102 valence electrons. The van der Waals surface area contributed by atoms with Crippen LogP contribution < -0.4 is 5.48 Å². The highest BCUT2D eigenvalue weighted by atomic mass is 16.7. The number of rotatable bonds is 4. The van der Waals surface area contributed by atoms with E-state index in [-0.39, 0.29) is 6.10 Å². The molecule has 0 aromatic heterocycles. The van der Waals surface area contributed by atoms with E-state index in [1.807, 2.05) is 19.9 Å². The molecule has 1 aliphatic rings. The number of anilines is 1. The predicted molar refractivity (Wildman–Crippen MR) is 75.7 cm³/mol. The second-order valence-electron chi connectivity index (χ2n) is 4.09. The van der Waals surface area contributed by atoms with E-state index < -0.39 is 0 Å². The van der Waals surface area contributed by atoms with Gasteiger partial charge in [0.25, 0.3) is 0 Å². The minimum absolute atomic E-state index is 0.277. The summed E-state index contributed by atoms with van der Waals surface area (Å²) in [5.41, 5.74) is 5.39. The van der Waals surface area contributed by atoms with Gasteiger partial charge in [0.15, 0.2) is 0 Å². The highest BCUT2D eigenvalue weighted by molar-refractivity contribution is 5.43. The molecule has 0 aliphatic carbocycles. The van der Waals surface area contributed by atoms with Gasteiger partial charge in [-0.05, 0) is 37.0 Å². The van der Waals surface area contributed by atoms with E-state index in [4.69, 9.17) is 9.57 Å². The van der Waals surface area contributed by atoms with Crippen molar-refractivity contribution in [3.8, 4) is 0 Å². The molecule has 3 heteroatoms. The average molecular weight is 251 g/mol. The average Bonchev–Trinajstić information content (AvgIpc) is 2.48. The quantitative estimate of drug-likeness (QED) is 0.826. The molecule has 0 radical (unpaired) electrons. The number of nitrogens with one attached hydrogen (secondary N) is 1. The summed E-state index contributed by atoms with van der Waals surface area (Å²) in [6.45, 7) is 7.77. The fourth-order valence-electron chi connectivity index (χ4n) is 1.80. The molecule has 0 unspecified atom stereocenters. The summed E-state index contributed by atoms with van der Waals surface area (Å²) in [6, 6.07) is 8.33. The molecule has 0 spiro atoms. The van der Waals surface area contributed by atoms with Gasteiger partial charge in [-0.1, -0.05) is 32.9 Å². The van der Waals surface area contributed by atoms with Gasteiger partial charge in [-0.3, -0.25) is 10.3 Å². The molecule has 1 fully saturated rings. The first-order valence-corrected chi connectivity index (χ1v) is 6.97. The molecule has 1 saturated heterocycles. The molecule has 1 heterocycles. The zero-order valence-electron chi connectivity index (χ0n) is 11.7. The lowest BCUT2D eigenvalue weighted by molar-refractivity contribution is -0.0109. The maximum Gasteiger partial charge on any atom is 0.0897 e. The van der Waals surface area contributed by atoms with Crippen molar-refractivity contribution in [1.82, 2.24) is 0 Å². The highest BCUT2D eigenvalue weighted by Gasteiger charge is 2.14. The van der Waals surface area contributed by atoms with Crippen LogP contribution in [0.25, 0.3) is 0 Å². The van der Waals surface area contributed by atoms with Gasteiger partial charge in [0.1, 0.15) is 0 Å². The molecule has 1 aromatic carbocycles. The Hall–Kier alpha value is -1.06. The van der Waals surface area contributed by atoms with Crippen molar-refractivity contribution in [2.24, 2.45) is 0 Å². The van der Waals surface area contributed by atoms with Gasteiger partial charge < -0.3 is 4.74 Å². The summed E-state index contributed by atoms with van der Waals surface area (Å²) >= 11 is 0. The SMILES string of the molecule is CC.CCc1cccc(NOC2CCOCC2)c1. The van der Waals surface area contributed by atoms with Crippen molar-refractivity contribution < 1.29 is 9.57 Å². The first-order valence-electron chi connectivity index (χ1n) is 6.97. The Morgan fingerprint density at radius 2 is 2.00 bits per heavy atom. The van der Waals surface area contributed by atoms with E-state index in [9.17, 15) is 0 Å². The molecule has 2 rings (SSSR count). The molecule has 3 nitrogen and oxygen atoms in total. The van der Waals surface area contributed by atoms with Crippen molar-refractivity contribution in [2.75, 3.05) is 18.7 Å².